The van der Waals surface area contributed by atoms with Gasteiger partial charge in [-0.3, -0.25) is 0 Å². The van der Waals surface area contributed by atoms with E-state index in [4.69, 9.17) is 27.9 Å². The zero-order valence-corrected chi connectivity index (χ0v) is 13.1. The second-order valence-corrected chi connectivity index (χ2v) is 5.93. The molecule has 0 fully saturated rings. The predicted molar refractivity (Wildman–Crippen MR) is 83.9 cm³/mol. The van der Waals surface area contributed by atoms with E-state index in [1.807, 2.05) is 24.3 Å². The number of benzene rings is 2. The average Bonchev–Trinajstić information content (AvgIpc) is 2.74. The highest BCUT2D eigenvalue weighted by Gasteiger charge is 2.29. The molecule has 0 bridgehead atoms. The minimum absolute atomic E-state index is 0.332. The summed E-state index contributed by atoms with van der Waals surface area (Å²) in [5, 5.41) is 0.726. The van der Waals surface area contributed by atoms with Crippen LogP contribution in [0.15, 0.2) is 40.9 Å². The number of carbonyl (C=O) groups excluding carboxylic acids is 1. The maximum absolute atomic E-state index is 11.8. The number of esters is 1. The van der Waals surface area contributed by atoms with Crippen LogP contribution in [-0.4, -0.2) is 5.97 Å². The van der Waals surface area contributed by atoms with Gasteiger partial charge in [-0.1, -0.05) is 51.3 Å². The zero-order chi connectivity index (χ0) is 14.3. The summed E-state index contributed by atoms with van der Waals surface area (Å²) in [6.07, 6.45) is 1.76. The lowest BCUT2D eigenvalue weighted by molar-refractivity contribution is 0.0717. The van der Waals surface area contributed by atoms with E-state index in [0.29, 0.717) is 26.9 Å². The third kappa shape index (κ3) is 2.37. The molecule has 0 spiro atoms. The Hall–Kier alpha value is -1.29. The Morgan fingerprint density at radius 2 is 1.75 bits per heavy atom. The Labute approximate surface area is 134 Å². The summed E-state index contributed by atoms with van der Waals surface area (Å²) in [4.78, 5) is 11.8. The summed E-state index contributed by atoms with van der Waals surface area (Å²) in [7, 11) is 0. The Kier molecular flexibility index (Phi) is 3.59. The Bertz CT molecular complexity index is 736. The van der Waals surface area contributed by atoms with Crippen LogP contribution in [0.4, 0.5) is 0 Å². The van der Waals surface area contributed by atoms with Gasteiger partial charge in [0, 0.05) is 4.47 Å². The van der Waals surface area contributed by atoms with Crippen LogP contribution in [0, 0.1) is 0 Å². The van der Waals surface area contributed by atoms with Crippen LogP contribution >= 0.6 is 39.1 Å². The van der Waals surface area contributed by atoms with E-state index >= 15 is 0 Å². The largest absolute Gasteiger partial charge is 0.422 e. The quantitative estimate of drug-likeness (QED) is 0.627. The number of ether oxygens (including phenoxy) is 1. The maximum Gasteiger partial charge on any atom is 0.344 e. The summed E-state index contributed by atoms with van der Waals surface area (Å²) >= 11 is 15.5. The predicted octanol–water partition coefficient (Wildman–Crippen LogP) is 5.42. The minimum Gasteiger partial charge on any atom is -0.422 e. The van der Waals surface area contributed by atoms with Crippen molar-refractivity contribution in [3.05, 3.63) is 67.6 Å². The van der Waals surface area contributed by atoms with Gasteiger partial charge in [-0.25, -0.2) is 4.79 Å². The molecule has 20 heavy (non-hydrogen) atoms. The summed E-state index contributed by atoms with van der Waals surface area (Å²) in [6.45, 7) is 0. The summed E-state index contributed by atoms with van der Waals surface area (Å²) in [5.41, 5.74) is 1.88. The monoisotopic (exact) mass is 368 g/mol. The van der Waals surface area contributed by atoms with E-state index in [1.54, 1.807) is 18.2 Å². The van der Waals surface area contributed by atoms with E-state index in [2.05, 4.69) is 15.9 Å². The first-order valence-electron chi connectivity index (χ1n) is 5.74. The molecule has 0 aliphatic carbocycles. The molecule has 0 atom stereocenters. The Balaban J connectivity index is 2.13. The molecule has 3 rings (SSSR count). The van der Waals surface area contributed by atoms with Gasteiger partial charge in [0.15, 0.2) is 0 Å². The first-order chi connectivity index (χ1) is 9.56. The fraction of sp³-hybridized carbons (Fsp3) is 0. The average molecular weight is 370 g/mol. The van der Waals surface area contributed by atoms with Gasteiger partial charge in [0.05, 0.1) is 21.2 Å². The van der Waals surface area contributed by atoms with Gasteiger partial charge in [-0.05, 0) is 35.9 Å². The second kappa shape index (κ2) is 5.24. The van der Waals surface area contributed by atoms with Crippen molar-refractivity contribution in [2.45, 2.75) is 0 Å². The van der Waals surface area contributed by atoms with Crippen molar-refractivity contribution in [1.82, 2.24) is 0 Å². The fourth-order valence-corrected chi connectivity index (χ4v) is 2.66. The van der Waals surface area contributed by atoms with Crippen molar-refractivity contribution in [2.24, 2.45) is 0 Å². The van der Waals surface area contributed by atoms with E-state index in [0.717, 1.165) is 10.0 Å². The second-order valence-electron chi connectivity index (χ2n) is 4.23. The molecule has 5 heteroatoms. The molecule has 0 saturated carbocycles. The fourth-order valence-electron chi connectivity index (χ4n) is 1.98. The Morgan fingerprint density at radius 1 is 1.05 bits per heavy atom. The van der Waals surface area contributed by atoms with Crippen LogP contribution in [-0.2, 0) is 4.74 Å². The standard InChI is InChI=1S/C15H7BrCl2O2/c16-9-3-1-8(2-4-9)7-12-13-10(15(19)20-12)5-6-11(17)14(13)18/h1-7H/b12-7-. The topological polar surface area (TPSA) is 26.3 Å². The van der Waals surface area contributed by atoms with E-state index in [9.17, 15) is 4.79 Å². The van der Waals surface area contributed by atoms with Crippen molar-refractivity contribution in [1.29, 1.82) is 0 Å². The first-order valence-corrected chi connectivity index (χ1v) is 7.29. The molecule has 2 aromatic carbocycles. The van der Waals surface area contributed by atoms with E-state index in [-0.39, 0.29) is 0 Å². The van der Waals surface area contributed by atoms with Gasteiger partial charge in [-0.2, -0.15) is 0 Å². The molecule has 1 aliphatic heterocycles. The van der Waals surface area contributed by atoms with Crippen LogP contribution < -0.4 is 0 Å². The number of cyclic esters (lactones) is 1. The molecule has 2 aromatic rings. The highest BCUT2D eigenvalue weighted by molar-refractivity contribution is 9.10. The SMILES string of the molecule is O=C1O/C(=C\c2ccc(Br)cc2)c2c1ccc(Cl)c2Cl. The molecular weight excluding hydrogens is 363 g/mol. The van der Waals surface area contributed by atoms with Crippen LogP contribution in [0.25, 0.3) is 11.8 Å². The van der Waals surface area contributed by atoms with Crippen LogP contribution in [0.3, 0.4) is 0 Å². The van der Waals surface area contributed by atoms with Gasteiger partial charge in [-0.15, -0.1) is 0 Å². The highest BCUT2D eigenvalue weighted by Crippen LogP contribution is 2.39. The zero-order valence-electron chi connectivity index (χ0n) is 9.99. The molecule has 2 nitrogen and oxygen atoms in total. The molecule has 0 radical (unpaired) electrons. The van der Waals surface area contributed by atoms with Gasteiger partial charge in [0.1, 0.15) is 5.76 Å². The third-order valence-electron chi connectivity index (χ3n) is 2.93. The van der Waals surface area contributed by atoms with Crippen LogP contribution in [0.5, 0.6) is 0 Å². The number of fused-ring (bicyclic) bond motifs is 1. The van der Waals surface area contributed by atoms with Gasteiger partial charge in [0.25, 0.3) is 0 Å². The van der Waals surface area contributed by atoms with Crippen molar-refractivity contribution >= 4 is 56.9 Å². The molecule has 0 amide bonds. The number of carbonyl (C=O) groups is 1. The minimum atomic E-state index is -0.415. The third-order valence-corrected chi connectivity index (χ3v) is 4.26. The first kappa shape index (κ1) is 13.7. The normalized spacial score (nSPS) is 15.3. The highest BCUT2D eigenvalue weighted by atomic mass is 79.9. The molecule has 0 unspecified atom stereocenters. The molecule has 1 aliphatic rings. The number of rotatable bonds is 1. The summed E-state index contributed by atoms with van der Waals surface area (Å²) in [6, 6.07) is 10.8. The lowest BCUT2D eigenvalue weighted by Gasteiger charge is -2.03. The molecule has 0 aromatic heterocycles. The van der Waals surface area contributed by atoms with Crippen molar-refractivity contribution in [3.8, 4) is 0 Å². The molecular formula is C15H7BrCl2O2. The summed E-state index contributed by atoms with van der Waals surface area (Å²) < 4.78 is 6.25. The molecule has 1 heterocycles. The lowest BCUT2D eigenvalue weighted by atomic mass is 10.1. The van der Waals surface area contributed by atoms with Crippen LogP contribution in [0.2, 0.25) is 10.0 Å². The van der Waals surface area contributed by atoms with E-state index < -0.39 is 5.97 Å². The lowest BCUT2D eigenvalue weighted by Crippen LogP contribution is -1.92. The molecule has 0 N–H and O–H groups in total. The number of hydrogen-bond donors (Lipinski definition) is 0. The number of hydrogen-bond acceptors (Lipinski definition) is 2. The van der Waals surface area contributed by atoms with Crippen molar-refractivity contribution < 1.29 is 9.53 Å². The van der Waals surface area contributed by atoms with Gasteiger partial charge < -0.3 is 4.74 Å². The maximum atomic E-state index is 11.8. The smallest absolute Gasteiger partial charge is 0.344 e. The van der Waals surface area contributed by atoms with E-state index in [1.165, 1.54) is 0 Å². The van der Waals surface area contributed by atoms with Gasteiger partial charge in [0.2, 0.25) is 0 Å². The van der Waals surface area contributed by atoms with Crippen molar-refractivity contribution in [2.75, 3.05) is 0 Å². The van der Waals surface area contributed by atoms with Crippen LogP contribution in [0.1, 0.15) is 21.5 Å². The molecule has 100 valence electrons. The Morgan fingerprint density at radius 3 is 2.45 bits per heavy atom. The van der Waals surface area contributed by atoms with Crippen molar-refractivity contribution in [3.63, 3.8) is 0 Å². The molecule has 0 saturated heterocycles. The number of halogens is 3. The summed E-state index contributed by atoms with van der Waals surface area (Å²) in [5.74, 6) is 0.00162. The van der Waals surface area contributed by atoms with Gasteiger partial charge >= 0.3 is 5.97 Å².